The van der Waals surface area contributed by atoms with Gasteiger partial charge in [0.15, 0.2) is 5.78 Å². The lowest BCUT2D eigenvalue weighted by atomic mass is 9.62. The number of benzene rings is 1. The lowest BCUT2D eigenvalue weighted by molar-refractivity contribution is -0.137. The van der Waals surface area contributed by atoms with Gasteiger partial charge in [-0.3, -0.25) is 9.59 Å². The van der Waals surface area contributed by atoms with Gasteiger partial charge in [-0.25, -0.2) is 0 Å². The van der Waals surface area contributed by atoms with Gasteiger partial charge in [0, 0.05) is 23.9 Å². The monoisotopic (exact) mass is 382 g/mol. The number of alkyl halides is 3. The highest BCUT2D eigenvalue weighted by atomic mass is 19.4. The number of rotatable bonds is 2. The van der Waals surface area contributed by atoms with Crippen LogP contribution in [0.3, 0.4) is 0 Å². The maximum absolute atomic E-state index is 12.9. The summed E-state index contributed by atoms with van der Waals surface area (Å²) in [5, 5.41) is 0. The summed E-state index contributed by atoms with van der Waals surface area (Å²) in [7, 11) is 1.22. The second-order valence-electron chi connectivity index (χ2n) is 7.93. The molecule has 0 unspecified atom stereocenters. The number of nitrogens with zero attached hydrogens (tertiary/aromatic N) is 1. The molecule has 1 aliphatic carbocycles. The van der Waals surface area contributed by atoms with Crippen LogP contribution in [-0.2, 0) is 11.0 Å². The number of allylic oxidation sites excluding steroid dienone is 1. The fourth-order valence-corrected chi connectivity index (χ4v) is 4.07. The summed E-state index contributed by atoms with van der Waals surface area (Å²) in [4.78, 5) is 26.4. The summed E-state index contributed by atoms with van der Waals surface area (Å²) in [6, 6.07) is 2.82. The maximum atomic E-state index is 12.9. The molecule has 5 nitrogen and oxygen atoms in total. The van der Waals surface area contributed by atoms with Crippen molar-refractivity contribution in [1.29, 1.82) is 0 Å². The van der Waals surface area contributed by atoms with Crippen LogP contribution in [0.5, 0.6) is 5.75 Å². The van der Waals surface area contributed by atoms with Gasteiger partial charge in [0.2, 0.25) is 0 Å². The van der Waals surface area contributed by atoms with Crippen molar-refractivity contribution in [2.24, 2.45) is 16.6 Å². The first kappa shape index (κ1) is 19.3. The summed E-state index contributed by atoms with van der Waals surface area (Å²) in [6.45, 7) is 4.35. The smallest absolute Gasteiger partial charge is 0.416 e. The molecule has 2 N–H and O–H groups in total. The molecule has 1 spiro atoms. The average Bonchev–Trinajstić information content (AvgIpc) is 2.55. The molecule has 3 rings (SSSR count). The minimum Gasteiger partial charge on any atom is -0.496 e. The molecule has 1 aliphatic heterocycles. The number of carbonyl (C=O) groups excluding carboxylic acids is 2. The molecule has 1 aromatic rings. The van der Waals surface area contributed by atoms with Gasteiger partial charge in [0.1, 0.15) is 5.75 Å². The standard InChI is InChI=1S/C19H21F3N2O3/c1-17(2)8-18(7-13(23)15(17)25)9-24(10-18)16(26)12-5-4-11(19(20,21)22)6-14(12)27-3/h4-7H,8-10,23H2,1-3H3. The Morgan fingerprint density at radius 2 is 1.89 bits per heavy atom. The Hall–Kier alpha value is -2.51. The van der Waals surface area contributed by atoms with Crippen molar-refractivity contribution in [2.75, 3.05) is 20.2 Å². The van der Waals surface area contributed by atoms with Gasteiger partial charge in [-0.2, -0.15) is 13.2 Å². The average molecular weight is 382 g/mol. The van der Waals surface area contributed by atoms with Crippen LogP contribution in [0.1, 0.15) is 36.2 Å². The molecule has 1 aromatic carbocycles. The number of halogens is 3. The Morgan fingerprint density at radius 3 is 2.41 bits per heavy atom. The van der Waals surface area contributed by atoms with E-state index in [-0.39, 0.29) is 28.2 Å². The third-order valence-corrected chi connectivity index (χ3v) is 5.19. The lowest BCUT2D eigenvalue weighted by Gasteiger charge is -2.53. The molecule has 0 radical (unpaired) electrons. The van der Waals surface area contributed by atoms with Crippen molar-refractivity contribution in [3.63, 3.8) is 0 Å². The highest BCUT2D eigenvalue weighted by Gasteiger charge is 2.52. The number of nitrogens with two attached hydrogens (primary N) is 1. The van der Waals surface area contributed by atoms with E-state index in [0.29, 0.717) is 19.5 Å². The predicted molar refractivity (Wildman–Crippen MR) is 92.0 cm³/mol. The van der Waals surface area contributed by atoms with Crippen LogP contribution < -0.4 is 10.5 Å². The molecule has 1 amide bonds. The lowest BCUT2D eigenvalue weighted by Crippen LogP contribution is -2.61. The van der Waals surface area contributed by atoms with Crippen molar-refractivity contribution in [1.82, 2.24) is 4.90 Å². The zero-order valence-electron chi connectivity index (χ0n) is 15.3. The van der Waals surface area contributed by atoms with E-state index in [0.717, 1.165) is 18.2 Å². The minimum atomic E-state index is -4.52. The molecule has 8 heteroatoms. The highest BCUT2D eigenvalue weighted by molar-refractivity contribution is 6.00. The van der Waals surface area contributed by atoms with Gasteiger partial charge in [0.05, 0.1) is 23.9 Å². The third kappa shape index (κ3) is 3.28. The molecule has 1 saturated heterocycles. The molecular weight excluding hydrogens is 361 g/mol. The van der Waals surface area contributed by atoms with Crippen LogP contribution >= 0.6 is 0 Å². The van der Waals surface area contributed by atoms with Gasteiger partial charge in [-0.15, -0.1) is 0 Å². The number of methoxy groups -OCH3 is 1. The van der Waals surface area contributed by atoms with E-state index in [1.807, 2.05) is 13.8 Å². The predicted octanol–water partition coefficient (Wildman–Crippen LogP) is 3.00. The molecule has 0 bridgehead atoms. The molecule has 1 fully saturated rings. The zero-order chi connectivity index (χ0) is 20.2. The first-order chi connectivity index (χ1) is 12.4. The van der Waals surface area contributed by atoms with E-state index in [2.05, 4.69) is 0 Å². The Kier molecular flexibility index (Phi) is 4.28. The Balaban J connectivity index is 1.81. The fourth-order valence-electron chi connectivity index (χ4n) is 4.07. The molecule has 1 heterocycles. The number of ketones is 1. The number of Topliss-reactive ketones (excluding diaryl/α,β-unsaturated/α-hetero) is 1. The SMILES string of the molecule is COc1cc(C(F)(F)F)ccc1C(=O)N1CC2(C=C(N)C(=O)C(C)(C)C2)C1. The molecule has 0 saturated carbocycles. The summed E-state index contributed by atoms with van der Waals surface area (Å²) in [5.41, 5.74) is 4.26. The third-order valence-electron chi connectivity index (χ3n) is 5.19. The van der Waals surface area contributed by atoms with Crippen LogP contribution in [0.25, 0.3) is 0 Å². The zero-order valence-corrected chi connectivity index (χ0v) is 15.3. The van der Waals surface area contributed by atoms with Gasteiger partial charge in [0.25, 0.3) is 5.91 Å². The number of amides is 1. The normalized spacial score (nSPS) is 20.9. The van der Waals surface area contributed by atoms with E-state index in [1.54, 1.807) is 6.08 Å². The minimum absolute atomic E-state index is 0.0726. The highest BCUT2D eigenvalue weighted by Crippen LogP contribution is 2.48. The fraction of sp³-hybridized carbons (Fsp3) is 0.474. The number of hydrogen-bond acceptors (Lipinski definition) is 4. The molecular formula is C19H21F3N2O3. The second kappa shape index (κ2) is 6.00. The van der Waals surface area contributed by atoms with Gasteiger partial charge < -0.3 is 15.4 Å². The number of carbonyl (C=O) groups is 2. The number of likely N-dealkylation sites (tertiary alicyclic amines) is 1. The van der Waals surface area contributed by atoms with E-state index >= 15 is 0 Å². The van der Waals surface area contributed by atoms with Crippen molar-refractivity contribution < 1.29 is 27.5 Å². The van der Waals surface area contributed by atoms with Gasteiger partial charge >= 0.3 is 6.18 Å². The van der Waals surface area contributed by atoms with Crippen LogP contribution in [0, 0.1) is 10.8 Å². The van der Waals surface area contributed by atoms with E-state index in [1.165, 1.54) is 12.0 Å². The van der Waals surface area contributed by atoms with Crippen molar-refractivity contribution in [3.05, 3.63) is 41.1 Å². The van der Waals surface area contributed by atoms with E-state index in [9.17, 15) is 22.8 Å². The number of hydrogen-bond donors (Lipinski definition) is 1. The van der Waals surface area contributed by atoms with Crippen LogP contribution in [0.4, 0.5) is 13.2 Å². The van der Waals surface area contributed by atoms with Crippen LogP contribution in [-0.4, -0.2) is 36.8 Å². The maximum Gasteiger partial charge on any atom is 0.416 e. The summed E-state index contributed by atoms with van der Waals surface area (Å²) < 4.78 is 43.6. The Bertz CT molecular complexity index is 837. The first-order valence-corrected chi connectivity index (χ1v) is 8.46. The largest absolute Gasteiger partial charge is 0.496 e. The first-order valence-electron chi connectivity index (χ1n) is 8.46. The van der Waals surface area contributed by atoms with Gasteiger partial charge in [-0.05, 0) is 30.7 Å². The molecule has 0 atom stereocenters. The van der Waals surface area contributed by atoms with Crippen molar-refractivity contribution >= 4 is 11.7 Å². The van der Waals surface area contributed by atoms with Gasteiger partial charge in [-0.1, -0.05) is 13.8 Å². The summed E-state index contributed by atoms with van der Waals surface area (Å²) in [6.07, 6.45) is -2.24. The van der Waals surface area contributed by atoms with Crippen molar-refractivity contribution in [3.8, 4) is 5.75 Å². The molecule has 27 heavy (non-hydrogen) atoms. The second-order valence-corrected chi connectivity index (χ2v) is 7.93. The van der Waals surface area contributed by atoms with Crippen molar-refractivity contribution in [2.45, 2.75) is 26.4 Å². The van der Waals surface area contributed by atoms with E-state index in [4.69, 9.17) is 10.5 Å². The molecule has 146 valence electrons. The Morgan fingerprint density at radius 1 is 1.26 bits per heavy atom. The Labute approximate surface area is 155 Å². The quantitative estimate of drug-likeness (QED) is 0.854. The molecule has 2 aliphatic rings. The summed E-state index contributed by atoms with van der Waals surface area (Å²) >= 11 is 0. The topological polar surface area (TPSA) is 72.6 Å². The number of ether oxygens (including phenoxy) is 1. The van der Waals surface area contributed by atoms with E-state index < -0.39 is 23.1 Å². The van der Waals surface area contributed by atoms with Crippen LogP contribution in [0.2, 0.25) is 0 Å². The molecule has 0 aromatic heterocycles. The summed E-state index contributed by atoms with van der Waals surface area (Å²) in [5.74, 6) is -0.639. The van der Waals surface area contributed by atoms with Crippen LogP contribution in [0.15, 0.2) is 30.0 Å².